The summed E-state index contributed by atoms with van der Waals surface area (Å²) >= 11 is 6.23. The molecule has 0 bridgehead atoms. The third-order valence-corrected chi connectivity index (χ3v) is 5.10. The number of aryl methyl sites for hydroxylation is 1. The molecular weight excluding hydrogens is 380 g/mol. The number of nitrogens with zero attached hydrogens (tertiary/aromatic N) is 4. The molecule has 0 aliphatic carbocycles. The van der Waals surface area contributed by atoms with Gasteiger partial charge in [-0.3, -0.25) is 9.78 Å². The molecule has 1 aliphatic heterocycles. The molecule has 0 saturated heterocycles. The Bertz CT molecular complexity index is 918. The van der Waals surface area contributed by atoms with Gasteiger partial charge in [-0.2, -0.15) is 9.97 Å². The standard InChI is InChI=1S/C19H25ClN6O2/c1-9(2)6-13-18(27)23-14-16(20)24-19(21)25-17(14)26(13)8-12-11(4)15(28-5)10(3)7-22-12/h7,9,13H,6,8H2,1-5H3,(H,23,27)(H2,21,24,25)/t13-/m0/s1. The average molecular weight is 405 g/mol. The number of nitrogens with one attached hydrogen (secondary N) is 1. The van der Waals surface area contributed by atoms with Crippen molar-refractivity contribution in [3.05, 3.63) is 28.2 Å². The number of aromatic nitrogens is 3. The molecule has 0 aromatic carbocycles. The lowest BCUT2D eigenvalue weighted by molar-refractivity contribution is -0.118. The number of halogens is 1. The third kappa shape index (κ3) is 3.69. The van der Waals surface area contributed by atoms with Crippen LogP contribution in [-0.2, 0) is 11.3 Å². The molecule has 0 unspecified atom stereocenters. The lowest BCUT2D eigenvalue weighted by Crippen LogP contribution is -2.49. The Morgan fingerprint density at radius 3 is 2.71 bits per heavy atom. The normalized spacial score (nSPS) is 16.2. The molecule has 8 nitrogen and oxygen atoms in total. The maximum absolute atomic E-state index is 12.8. The highest BCUT2D eigenvalue weighted by atomic mass is 35.5. The van der Waals surface area contributed by atoms with Crippen LogP contribution in [0.1, 0.15) is 37.1 Å². The minimum absolute atomic E-state index is 0.0550. The van der Waals surface area contributed by atoms with Crippen LogP contribution in [-0.4, -0.2) is 34.0 Å². The summed E-state index contributed by atoms with van der Waals surface area (Å²) in [5.41, 5.74) is 8.88. The fourth-order valence-electron chi connectivity index (χ4n) is 3.51. The van der Waals surface area contributed by atoms with Crippen molar-refractivity contribution in [3.63, 3.8) is 0 Å². The van der Waals surface area contributed by atoms with Crippen LogP contribution < -0.4 is 20.7 Å². The molecule has 3 rings (SSSR count). The Morgan fingerprint density at radius 2 is 2.07 bits per heavy atom. The first kappa shape index (κ1) is 20.1. The van der Waals surface area contributed by atoms with Crippen LogP contribution in [0.25, 0.3) is 0 Å². The Labute approximate surface area is 169 Å². The van der Waals surface area contributed by atoms with Crippen LogP contribution in [0.2, 0.25) is 5.15 Å². The average Bonchev–Trinajstić information content (AvgIpc) is 2.61. The SMILES string of the molecule is COc1c(C)cnc(CN2c3nc(N)nc(Cl)c3NC(=O)[C@@H]2CC(C)C)c1C. The van der Waals surface area contributed by atoms with E-state index in [4.69, 9.17) is 22.1 Å². The zero-order valence-corrected chi connectivity index (χ0v) is 17.5. The van der Waals surface area contributed by atoms with Crippen LogP contribution in [0.5, 0.6) is 5.75 Å². The number of anilines is 3. The number of ether oxygens (including phenoxy) is 1. The van der Waals surface area contributed by atoms with Crippen LogP contribution >= 0.6 is 11.6 Å². The number of fused-ring (bicyclic) bond motifs is 1. The second-order valence-corrected chi connectivity index (χ2v) is 7.74. The second-order valence-electron chi connectivity index (χ2n) is 7.38. The number of carbonyl (C=O) groups excluding carboxylic acids is 1. The molecule has 2 aromatic rings. The lowest BCUT2D eigenvalue weighted by Gasteiger charge is -2.38. The summed E-state index contributed by atoms with van der Waals surface area (Å²) < 4.78 is 5.52. The Balaban J connectivity index is 2.11. The van der Waals surface area contributed by atoms with Crippen molar-refractivity contribution < 1.29 is 9.53 Å². The first-order chi connectivity index (χ1) is 13.2. The van der Waals surface area contributed by atoms with E-state index in [0.29, 0.717) is 30.4 Å². The predicted octanol–water partition coefficient (Wildman–Crippen LogP) is 3.11. The van der Waals surface area contributed by atoms with Gasteiger partial charge in [0, 0.05) is 17.3 Å². The number of nitrogens with two attached hydrogens (primary N) is 1. The van der Waals surface area contributed by atoms with Crippen LogP contribution in [0.4, 0.5) is 17.5 Å². The molecule has 1 atom stereocenters. The van der Waals surface area contributed by atoms with Gasteiger partial charge in [0.25, 0.3) is 0 Å². The van der Waals surface area contributed by atoms with Crippen molar-refractivity contribution in [1.29, 1.82) is 0 Å². The number of carbonyl (C=O) groups is 1. The van der Waals surface area contributed by atoms with Crippen LogP contribution in [0.3, 0.4) is 0 Å². The summed E-state index contributed by atoms with van der Waals surface area (Å²) in [6, 6.07) is -0.425. The smallest absolute Gasteiger partial charge is 0.247 e. The van der Waals surface area contributed by atoms with Crippen molar-refractivity contribution in [2.75, 3.05) is 23.1 Å². The van der Waals surface area contributed by atoms with E-state index in [2.05, 4.69) is 34.1 Å². The third-order valence-electron chi connectivity index (χ3n) is 4.83. The second kappa shape index (κ2) is 7.79. The van der Waals surface area contributed by atoms with E-state index in [9.17, 15) is 4.79 Å². The molecule has 0 saturated carbocycles. The predicted molar refractivity (Wildman–Crippen MR) is 110 cm³/mol. The first-order valence-corrected chi connectivity index (χ1v) is 9.50. The number of hydrogen-bond acceptors (Lipinski definition) is 7. The molecule has 150 valence electrons. The molecule has 0 fully saturated rings. The minimum atomic E-state index is -0.425. The lowest BCUT2D eigenvalue weighted by atomic mass is 9.99. The van der Waals surface area contributed by atoms with Crippen molar-refractivity contribution >= 4 is 35.0 Å². The molecule has 3 N–H and O–H groups in total. The molecule has 9 heteroatoms. The van der Waals surface area contributed by atoms with Crippen molar-refractivity contribution in [2.24, 2.45) is 5.92 Å². The number of hydrogen-bond donors (Lipinski definition) is 2. The summed E-state index contributed by atoms with van der Waals surface area (Å²) in [6.07, 6.45) is 2.42. The van der Waals surface area contributed by atoms with E-state index >= 15 is 0 Å². The van der Waals surface area contributed by atoms with E-state index in [1.807, 2.05) is 18.7 Å². The number of rotatable bonds is 5. The van der Waals surface area contributed by atoms with Gasteiger partial charge in [0.2, 0.25) is 11.9 Å². The van der Waals surface area contributed by atoms with Gasteiger partial charge in [-0.25, -0.2) is 0 Å². The van der Waals surface area contributed by atoms with Gasteiger partial charge in [-0.1, -0.05) is 25.4 Å². The fourth-order valence-corrected chi connectivity index (χ4v) is 3.73. The molecule has 0 radical (unpaired) electrons. The maximum atomic E-state index is 12.8. The van der Waals surface area contributed by atoms with Crippen LogP contribution in [0, 0.1) is 19.8 Å². The van der Waals surface area contributed by atoms with Crippen molar-refractivity contribution in [1.82, 2.24) is 15.0 Å². The van der Waals surface area contributed by atoms with Crippen LogP contribution in [0.15, 0.2) is 6.20 Å². The van der Waals surface area contributed by atoms with E-state index in [-0.39, 0.29) is 17.0 Å². The summed E-state index contributed by atoms with van der Waals surface area (Å²) in [5.74, 6) is 1.50. The Kier molecular flexibility index (Phi) is 5.60. The van der Waals surface area contributed by atoms with Gasteiger partial charge in [0.15, 0.2) is 11.0 Å². The first-order valence-electron chi connectivity index (χ1n) is 9.12. The molecule has 0 spiro atoms. The number of amides is 1. The quantitative estimate of drug-likeness (QED) is 0.737. The summed E-state index contributed by atoms with van der Waals surface area (Å²) in [5, 5.41) is 2.96. The van der Waals surface area contributed by atoms with E-state index in [1.165, 1.54) is 0 Å². The zero-order chi connectivity index (χ0) is 20.6. The Hall–Kier alpha value is -2.61. The highest BCUT2D eigenvalue weighted by Crippen LogP contribution is 2.38. The van der Waals surface area contributed by atoms with E-state index < -0.39 is 6.04 Å². The Morgan fingerprint density at radius 1 is 1.36 bits per heavy atom. The van der Waals surface area contributed by atoms with Gasteiger partial charge in [-0.05, 0) is 26.2 Å². The molecule has 1 amide bonds. The number of methoxy groups -OCH3 is 1. The molecule has 2 aromatic heterocycles. The molecule has 1 aliphatic rings. The summed E-state index contributed by atoms with van der Waals surface area (Å²) in [7, 11) is 1.64. The highest BCUT2D eigenvalue weighted by molar-refractivity contribution is 6.33. The largest absolute Gasteiger partial charge is 0.496 e. The summed E-state index contributed by atoms with van der Waals surface area (Å²) in [6.45, 7) is 8.41. The maximum Gasteiger partial charge on any atom is 0.247 e. The van der Waals surface area contributed by atoms with E-state index in [0.717, 1.165) is 22.6 Å². The number of nitrogen functional groups attached to an aromatic ring is 1. The molecule has 28 heavy (non-hydrogen) atoms. The van der Waals surface area contributed by atoms with Crippen molar-refractivity contribution in [2.45, 2.75) is 46.7 Å². The highest BCUT2D eigenvalue weighted by Gasteiger charge is 2.37. The van der Waals surface area contributed by atoms with Gasteiger partial charge in [-0.15, -0.1) is 0 Å². The van der Waals surface area contributed by atoms with Gasteiger partial charge < -0.3 is 20.7 Å². The topological polar surface area (TPSA) is 106 Å². The van der Waals surface area contributed by atoms with Crippen molar-refractivity contribution in [3.8, 4) is 5.75 Å². The molecule has 3 heterocycles. The monoisotopic (exact) mass is 404 g/mol. The molecular formula is C19H25ClN6O2. The number of pyridine rings is 1. The minimum Gasteiger partial charge on any atom is -0.496 e. The fraction of sp³-hybridized carbons (Fsp3) is 0.474. The zero-order valence-electron chi connectivity index (χ0n) is 16.7. The summed E-state index contributed by atoms with van der Waals surface area (Å²) in [4.78, 5) is 27.7. The van der Waals surface area contributed by atoms with E-state index in [1.54, 1.807) is 13.3 Å². The van der Waals surface area contributed by atoms with Gasteiger partial charge >= 0.3 is 0 Å². The van der Waals surface area contributed by atoms with Gasteiger partial charge in [0.1, 0.15) is 17.5 Å². The van der Waals surface area contributed by atoms with Gasteiger partial charge in [0.05, 0.1) is 19.3 Å².